The minimum Gasteiger partial charge on any atom is -0.296 e. The number of halogens is 1. The van der Waals surface area contributed by atoms with E-state index < -0.39 is 5.92 Å². The minimum atomic E-state index is -0.438. The van der Waals surface area contributed by atoms with Crippen molar-refractivity contribution >= 4 is 23.4 Å². The fraction of sp³-hybridized carbons (Fsp3) is 0.136. The Hall–Kier alpha value is -3.18. The van der Waals surface area contributed by atoms with E-state index in [9.17, 15) is 14.4 Å². The van der Waals surface area contributed by atoms with Crippen molar-refractivity contribution in [1.29, 1.82) is 0 Å². The van der Waals surface area contributed by atoms with Crippen LogP contribution in [0.2, 0.25) is 5.02 Å². The van der Waals surface area contributed by atoms with Crippen molar-refractivity contribution in [3.05, 3.63) is 87.8 Å². The Morgan fingerprint density at radius 3 is 2.43 bits per heavy atom. The second kappa shape index (κ2) is 7.44. The summed E-state index contributed by atoms with van der Waals surface area (Å²) in [4.78, 5) is 35.6. The van der Waals surface area contributed by atoms with Gasteiger partial charge < -0.3 is 0 Å². The van der Waals surface area contributed by atoms with Gasteiger partial charge in [0.2, 0.25) is 11.8 Å². The molecule has 0 unspecified atom stereocenters. The number of rotatable bonds is 3. The number of hydrogen-bond donors (Lipinski definition) is 1. The van der Waals surface area contributed by atoms with E-state index >= 15 is 0 Å². The molecule has 1 atom stereocenters. The van der Waals surface area contributed by atoms with Crippen LogP contribution in [0.25, 0.3) is 16.8 Å². The van der Waals surface area contributed by atoms with Crippen molar-refractivity contribution in [3.8, 4) is 16.8 Å². The van der Waals surface area contributed by atoms with Gasteiger partial charge in [-0.25, -0.2) is 0 Å². The highest BCUT2D eigenvalue weighted by atomic mass is 35.5. The SMILES string of the molecule is O=C1CC[C@@H](c2cccc(-c3ccc(-n4ccccc4=O)cc3)c2Cl)C(=O)N1. The molecule has 1 aromatic heterocycles. The normalized spacial score (nSPS) is 16.7. The predicted octanol–water partition coefficient (Wildman–Crippen LogP) is 3.68. The molecule has 6 heteroatoms. The van der Waals surface area contributed by atoms with Crippen molar-refractivity contribution in [2.24, 2.45) is 0 Å². The molecular formula is C22H17ClN2O3. The molecular weight excluding hydrogens is 376 g/mol. The van der Waals surface area contributed by atoms with E-state index in [-0.39, 0.29) is 17.4 Å². The highest BCUT2D eigenvalue weighted by molar-refractivity contribution is 6.34. The second-order valence-corrected chi connectivity index (χ2v) is 7.05. The molecule has 0 spiro atoms. The number of aromatic nitrogens is 1. The van der Waals surface area contributed by atoms with E-state index in [1.807, 2.05) is 42.5 Å². The summed E-state index contributed by atoms with van der Waals surface area (Å²) in [5.74, 6) is -0.998. The van der Waals surface area contributed by atoms with E-state index in [4.69, 9.17) is 11.6 Å². The summed E-state index contributed by atoms with van der Waals surface area (Å²) in [5, 5.41) is 2.88. The van der Waals surface area contributed by atoms with Gasteiger partial charge >= 0.3 is 0 Å². The molecule has 140 valence electrons. The van der Waals surface area contributed by atoms with E-state index in [1.165, 1.54) is 6.07 Å². The quantitative estimate of drug-likeness (QED) is 0.691. The molecule has 3 aromatic rings. The van der Waals surface area contributed by atoms with Crippen LogP contribution in [-0.4, -0.2) is 16.4 Å². The number of carbonyl (C=O) groups excluding carboxylic acids is 2. The van der Waals surface area contributed by atoms with Crippen LogP contribution in [0, 0.1) is 0 Å². The first kappa shape index (κ1) is 18.2. The van der Waals surface area contributed by atoms with Crippen molar-refractivity contribution < 1.29 is 9.59 Å². The molecule has 0 saturated carbocycles. The standard InChI is InChI=1S/C22H17ClN2O3/c23-21-16(4-3-5-17(21)18-11-12-19(26)24-22(18)28)14-7-9-15(10-8-14)25-13-2-1-6-20(25)27/h1-10,13,18H,11-12H2,(H,24,26,28)/t18-/m0/s1. The molecule has 2 aromatic carbocycles. The Morgan fingerprint density at radius 1 is 0.929 bits per heavy atom. The van der Waals surface area contributed by atoms with Gasteiger partial charge in [0.05, 0.1) is 10.9 Å². The number of carbonyl (C=O) groups is 2. The van der Waals surface area contributed by atoms with Gasteiger partial charge in [-0.15, -0.1) is 0 Å². The molecule has 1 aliphatic heterocycles. The number of imide groups is 1. The highest BCUT2D eigenvalue weighted by Crippen LogP contribution is 2.37. The molecule has 5 nitrogen and oxygen atoms in total. The summed E-state index contributed by atoms with van der Waals surface area (Å²) < 4.78 is 1.56. The largest absolute Gasteiger partial charge is 0.296 e. The van der Waals surface area contributed by atoms with Gasteiger partial charge in [0.1, 0.15) is 0 Å². The predicted molar refractivity (Wildman–Crippen MR) is 108 cm³/mol. The second-order valence-electron chi connectivity index (χ2n) is 6.67. The van der Waals surface area contributed by atoms with E-state index in [2.05, 4.69) is 5.32 Å². The lowest BCUT2D eigenvalue weighted by molar-refractivity contribution is -0.134. The summed E-state index contributed by atoms with van der Waals surface area (Å²) in [6, 6.07) is 18.1. The van der Waals surface area contributed by atoms with Gasteiger partial charge in [-0.2, -0.15) is 0 Å². The maximum Gasteiger partial charge on any atom is 0.255 e. The summed E-state index contributed by atoms with van der Waals surface area (Å²) in [6.45, 7) is 0. The van der Waals surface area contributed by atoms with Crippen LogP contribution in [0.4, 0.5) is 0 Å². The average molecular weight is 393 g/mol. The lowest BCUT2D eigenvalue weighted by atomic mass is 9.88. The maximum absolute atomic E-state index is 12.2. The molecule has 28 heavy (non-hydrogen) atoms. The Kier molecular flexibility index (Phi) is 4.84. The number of piperidine rings is 1. The first-order chi connectivity index (χ1) is 13.5. The third kappa shape index (κ3) is 3.37. The van der Waals surface area contributed by atoms with E-state index in [0.29, 0.717) is 23.4 Å². The zero-order chi connectivity index (χ0) is 19.7. The number of nitrogens with zero attached hydrogens (tertiary/aromatic N) is 1. The molecule has 0 aliphatic carbocycles. The zero-order valence-corrected chi connectivity index (χ0v) is 15.6. The molecule has 1 aliphatic rings. The lowest BCUT2D eigenvalue weighted by Crippen LogP contribution is -2.39. The number of pyridine rings is 1. The number of nitrogens with one attached hydrogen (secondary N) is 1. The Balaban J connectivity index is 1.69. The van der Waals surface area contributed by atoms with Crippen molar-refractivity contribution in [1.82, 2.24) is 9.88 Å². The third-order valence-electron chi connectivity index (χ3n) is 4.92. The van der Waals surface area contributed by atoms with Crippen molar-refractivity contribution in [2.75, 3.05) is 0 Å². The fourth-order valence-corrected chi connectivity index (χ4v) is 3.84. The monoisotopic (exact) mass is 392 g/mol. The Bertz CT molecular complexity index is 1120. The van der Waals surface area contributed by atoms with Crippen molar-refractivity contribution in [2.45, 2.75) is 18.8 Å². The molecule has 2 amide bonds. The number of amides is 2. The van der Waals surface area contributed by atoms with Gasteiger partial charge in [-0.05, 0) is 35.7 Å². The molecule has 1 fully saturated rings. The summed E-state index contributed by atoms with van der Waals surface area (Å²) in [7, 11) is 0. The molecule has 0 radical (unpaired) electrons. The average Bonchev–Trinajstić information content (AvgIpc) is 2.69. The van der Waals surface area contributed by atoms with Crippen LogP contribution in [-0.2, 0) is 9.59 Å². The van der Waals surface area contributed by atoms with Gasteiger partial charge in [-0.3, -0.25) is 24.3 Å². The molecule has 1 saturated heterocycles. The van der Waals surface area contributed by atoms with Crippen LogP contribution in [0.1, 0.15) is 24.3 Å². The summed E-state index contributed by atoms with van der Waals surface area (Å²) in [6.07, 6.45) is 2.47. The van der Waals surface area contributed by atoms with Gasteiger partial charge in [0.15, 0.2) is 0 Å². The van der Waals surface area contributed by atoms with Crippen LogP contribution in [0.3, 0.4) is 0 Å². The first-order valence-electron chi connectivity index (χ1n) is 8.95. The van der Waals surface area contributed by atoms with E-state index in [1.54, 1.807) is 22.9 Å². The molecule has 0 bridgehead atoms. The van der Waals surface area contributed by atoms with Gasteiger partial charge in [-0.1, -0.05) is 48.0 Å². The Morgan fingerprint density at radius 2 is 1.71 bits per heavy atom. The maximum atomic E-state index is 12.2. The van der Waals surface area contributed by atoms with Crippen LogP contribution >= 0.6 is 11.6 Å². The van der Waals surface area contributed by atoms with Crippen LogP contribution in [0.15, 0.2) is 71.7 Å². The smallest absolute Gasteiger partial charge is 0.255 e. The highest BCUT2D eigenvalue weighted by Gasteiger charge is 2.30. The van der Waals surface area contributed by atoms with E-state index in [0.717, 1.165) is 16.8 Å². The topological polar surface area (TPSA) is 68.2 Å². The molecule has 2 heterocycles. The van der Waals surface area contributed by atoms with Crippen LogP contribution in [0.5, 0.6) is 0 Å². The first-order valence-corrected chi connectivity index (χ1v) is 9.33. The van der Waals surface area contributed by atoms with Crippen molar-refractivity contribution in [3.63, 3.8) is 0 Å². The van der Waals surface area contributed by atoms with Gasteiger partial charge in [0.25, 0.3) is 5.56 Å². The molecule has 1 N–H and O–H groups in total. The van der Waals surface area contributed by atoms with Crippen LogP contribution < -0.4 is 10.9 Å². The van der Waals surface area contributed by atoms with Gasteiger partial charge in [0, 0.05) is 29.9 Å². The molecule has 4 rings (SSSR count). The number of hydrogen-bond acceptors (Lipinski definition) is 3. The summed E-state index contributed by atoms with van der Waals surface area (Å²) in [5.41, 5.74) is 3.05. The number of benzene rings is 2. The minimum absolute atomic E-state index is 0.104. The summed E-state index contributed by atoms with van der Waals surface area (Å²) >= 11 is 6.64. The Labute approximate surface area is 166 Å². The third-order valence-corrected chi connectivity index (χ3v) is 5.34. The lowest BCUT2D eigenvalue weighted by Gasteiger charge is -2.23. The zero-order valence-electron chi connectivity index (χ0n) is 14.9. The fourth-order valence-electron chi connectivity index (χ4n) is 3.47.